The number of carboxylic acids is 1. The predicted octanol–water partition coefficient (Wildman–Crippen LogP) is 2.81. The molecule has 180 valence electrons. The summed E-state index contributed by atoms with van der Waals surface area (Å²) < 4.78 is 21.9. The molecule has 2 aromatic heterocycles. The minimum atomic E-state index is -0.809. The number of carbonyl (C=O) groups is 1. The van der Waals surface area contributed by atoms with Crippen molar-refractivity contribution in [1.82, 2.24) is 25.4 Å². The van der Waals surface area contributed by atoms with Crippen LogP contribution in [0.5, 0.6) is 5.75 Å². The standard InChI is InChI=1S/C24H29FN6O3/c1-13-9-16-20(34-2)6-5-17(25)23(16)31(13)8-7-26-21-11-18(27-12-28-21)14-3-4-15-19(10-14)29-30-22(15)24(32)33/h5-6,9,11-12,14-15,19,22,29-30H,3-4,7-8,10H2,1-2H3,(H,32,33)(H,26,27,28). The number of nitrogens with zero attached hydrogens (tertiary/aromatic N) is 3. The second-order valence-corrected chi connectivity index (χ2v) is 9.09. The van der Waals surface area contributed by atoms with Crippen LogP contribution in [-0.2, 0) is 11.3 Å². The maximum atomic E-state index is 14.6. The molecule has 3 heterocycles. The van der Waals surface area contributed by atoms with Crippen LogP contribution in [0, 0.1) is 18.7 Å². The van der Waals surface area contributed by atoms with E-state index >= 15 is 0 Å². The van der Waals surface area contributed by atoms with Crippen molar-refractivity contribution < 1.29 is 19.0 Å². The summed E-state index contributed by atoms with van der Waals surface area (Å²) >= 11 is 0. The molecule has 9 nitrogen and oxygen atoms in total. The van der Waals surface area contributed by atoms with Crippen molar-refractivity contribution in [3.05, 3.63) is 47.8 Å². The Bertz CT molecular complexity index is 1210. The number of hydrogen-bond acceptors (Lipinski definition) is 7. The monoisotopic (exact) mass is 468 g/mol. The maximum Gasteiger partial charge on any atom is 0.322 e. The summed E-state index contributed by atoms with van der Waals surface area (Å²) in [4.78, 5) is 20.3. The number of hydrogen-bond donors (Lipinski definition) is 4. The highest BCUT2D eigenvalue weighted by Crippen LogP contribution is 2.38. The molecule has 4 atom stereocenters. The van der Waals surface area contributed by atoms with E-state index in [1.165, 1.54) is 6.07 Å². The molecule has 10 heteroatoms. The molecule has 1 aliphatic heterocycles. The van der Waals surface area contributed by atoms with Crippen molar-refractivity contribution in [2.75, 3.05) is 19.0 Å². The number of anilines is 1. The lowest BCUT2D eigenvalue weighted by Crippen LogP contribution is -2.38. The van der Waals surface area contributed by atoms with Crippen LogP contribution >= 0.6 is 0 Å². The average molecular weight is 469 g/mol. The number of hydrazine groups is 1. The van der Waals surface area contributed by atoms with Crippen LogP contribution in [0.25, 0.3) is 10.9 Å². The Hall–Kier alpha value is -3.24. The summed E-state index contributed by atoms with van der Waals surface area (Å²) in [5, 5.41) is 13.5. The Morgan fingerprint density at radius 3 is 2.94 bits per heavy atom. The third-order valence-electron chi connectivity index (χ3n) is 7.17. The molecular formula is C24H29FN6O3. The average Bonchev–Trinajstić information content (AvgIpc) is 3.41. The predicted molar refractivity (Wildman–Crippen MR) is 125 cm³/mol. The molecule has 34 heavy (non-hydrogen) atoms. The van der Waals surface area contributed by atoms with Crippen LogP contribution < -0.4 is 20.9 Å². The van der Waals surface area contributed by atoms with Crippen molar-refractivity contribution >= 4 is 22.7 Å². The highest BCUT2D eigenvalue weighted by Gasteiger charge is 2.44. The summed E-state index contributed by atoms with van der Waals surface area (Å²) in [6, 6.07) is 6.57. The van der Waals surface area contributed by atoms with E-state index in [1.807, 2.05) is 23.6 Å². The van der Waals surface area contributed by atoms with E-state index in [0.717, 1.165) is 41.9 Å². The van der Waals surface area contributed by atoms with Gasteiger partial charge in [0.1, 0.15) is 29.8 Å². The molecule has 0 bridgehead atoms. The van der Waals surface area contributed by atoms with Crippen LogP contribution in [0.1, 0.15) is 36.6 Å². The number of rotatable bonds is 7. The van der Waals surface area contributed by atoms with Crippen molar-refractivity contribution in [3.63, 3.8) is 0 Å². The fourth-order valence-electron chi connectivity index (χ4n) is 5.47. The molecule has 4 unspecified atom stereocenters. The number of nitrogens with one attached hydrogen (secondary N) is 3. The van der Waals surface area contributed by atoms with Gasteiger partial charge in [-0.1, -0.05) is 0 Å². The fourth-order valence-corrected chi connectivity index (χ4v) is 5.47. The largest absolute Gasteiger partial charge is 0.496 e. The lowest BCUT2D eigenvalue weighted by molar-refractivity contribution is -0.140. The quantitative estimate of drug-likeness (QED) is 0.419. The number of fused-ring (bicyclic) bond motifs is 2. The van der Waals surface area contributed by atoms with Gasteiger partial charge in [-0.3, -0.25) is 10.2 Å². The van der Waals surface area contributed by atoms with Gasteiger partial charge in [-0.05, 0) is 44.4 Å². The highest BCUT2D eigenvalue weighted by molar-refractivity contribution is 5.88. The van der Waals surface area contributed by atoms with Gasteiger partial charge >= 0.3 is 5.97 Å². The molecule has 1 saturated heterocycles. The molecule has 0 radical (unpaired) electrons. The van der Waals surface area contributed by atoms with Gasteiger partial charge < -0.3 is 19.7 Å². The SMILES string of the molecule is COc1ccc(F)c2c1cc(C)n2CCNc1cc(C2CCC3C(C2)NNC3C(=O)O)ncn1. The second kappa shape index (κ2) is 9.19. The van der Waals surface area contributed by atoms with E-state index in [2.05, 4.69) is 26.1 Å². The van der Waals surface area contributed by atoms with Gasteiger partial charge in [0, 0.05) is 53.8 Å². The summed E-state index contributed by atoms with van der Waals surface area (Å²) in [5.41, 5.74) is 8.52. The van der Waals surface area contributed by atoms with Crippen LogP contribution in [-0.4, -0.2) is 51.3 Å². The van der Waals surface area contributed by atoms with Gasteiger partial charge in [-0.2, -0.15) is 0 Å². The van der Waals surface area contributed by atoms with Gasteiger partial charge in [-0.25, -0.2) is 19.8 Å². The molecule has 0 amide bonds. The zero-order chi connectivity index (χ0) is 23.8. The molecule has 0 spiro atoms. The van der Waals surface area contributed by atoms with E-state index < -0.39 is 12.0 Å². The minimum absolute atomic E-state index is 0.0897. The van der Waals surface area contributed by atoms with Crippen LogP contribution in [0.2, 0.25) is 0 Å². The van der Waals surface area contributed by atoms with Crippen molar-refractivity contribution in [2.45, 2.75) is 50.7 Å². The van der Waals surface area contributed by atoms with Gasteiger partial charge in [0.25, 0.3) is 0 Å². The molecule has 1 aromatic carbocycles. The lowest BCUT2D eigenvalue weighted by Gasteiger charge is -2.31. The smallest absolute Gasteiger partial charge is 0.322 e. The Morgan fingerprint density at radius 2 is 2.15 bits per heavy atom. The van der Waals surface area contributed by atoms with Gasteiger partial charge in [-0.15, -0.1) is 0 Å². The number of carboxylic acid groups (broad SMARTS) is 1. The molecule has 1 saturated carbocycles. The van der Waals surface area contributed by atoms with E-state index in [-0.39, 0.29) is 23.7 Å². The zero-order valence-electron chi connectivity index (χ0n) is 19.2. The first-order valence-corrected chi connectivity index (χ1v) is 11.6. The summed E-state index contributed by atoms with van der Waals surface area (Å²) in [5.74, 6) is 0.624. The van der Waals surface area contributed by atoms with E-state index in [9.17, 15) is 14.3 Å². The highest BCUT2D eigenvalue weighted by atomic mass is 19.1. The Balaban J connectivity index is 1.25. The number of aliphatic carboxylic acids is 1. The van der Waals surface area contributed by atoms with Crippen molar-refractivity contribution in [3.8, 4) is 5.75 Å². The number of halogens is 1. The number of benzene rings is 1. The molecule has 2 aliphatic rings. The minimum Gasteiger partial charge on any atom is -0.496 e. The molecule has 2 fully saturated rings. The number of aryl methyl sites for hydroxylation is 1. The Labute approximate surface area is 196 Å². The fraction of sp³-hybridized carbons (Fsp3) is 0.458. The lowest BCUT2D eigenvalue weighted by atomic mass is 9.75. The van der Waals surface area contributed by atoms with E-state index in [4.69, 9.17) is 4.74 Å². The first-order chi connectivity index (χ1) is 16.5. The number of aromatic nitrogens is 3. The first-order valence-electron chi connectivity index (χ1n) is 11.6. The topological polar surface area (TPSA) is 113 Å². The van der Waals surface area contributed by atoms with Gasteiger partial charge in [0.2, 0.25) is 0 Å². The van der Waals surface area contributed by atoms with Crippen molar-refractivity contribution in [2.24, 2.45) is 5.92 Å². The van der Waals surface area contributed by atoms with Crippen LogP contribution in [0.4, 0.5) is 10.2 Å². The van der Waals surface area contributed by atoms with Crippen LogP contribution in [0.15, 0.2) is 30.6 Å². The van der Waals surface area contributed by atoms with E-state index in [0.29, 0.717) is 24.4 Å². The van der Waals surface area contributed by atoms with Crippen molar-refractivity contribution in [1.29, 1.82) is 0 Å². The summed E-state index contributed by atoms with van der Waals surface area (Å²) in [7, 11) is 1.59. The second-order valence-electron chi connectivity index (χ2n) is 9.09. The first kappa shape index (κ1) is 22.5. The third kappa shape index (κ3) is 4.07. The van der Waals surface area contributed by atoms with Crippen LogP contribution in [0.3, 0.4) is 0 Å². The summed E-state index contributed by atoms with van der Waals surface area (Å²) in [6.07, 6.45) is 4.10. The molecule has 5 rings (SSSR count). The molecular weight excluding hydrogens is 439 g/mol. The molecule has 1 aliphatic carbocycles. The molecule has 3 aromatic rings. The molecule has 4 N–H and O–H groups in total. The maximum absolute atomic E-state index is 14.6. The third-order valence-corrected chi connectivity index (χ3v) is 7.17. The zero-order valence-corrected chi connectivity index (χ0v) is 19.2. The normalized spacial score (nSPS) is 24.2. The Morgan fingerprint density at radius 1 is 1.29 bits per heavy atom. The Kier molecular flexibility index (Phi) is 6.09. The number of ether oxygens (including phenoxy) is 1. The van der Waals surface area contributed by atoms with Gasteiger partial charge in [0.05, 0.1) is 12.6 Å². The number of methoxy groups -OCH3 is 1. The van der Waals surface area contributed by atoms with E-state index in [1.54, 1.807) is 19.5 Å². The summed E-state index contributed by atoms with van der Waals surface area (Å²) in [6.45, 7) is 3.09. The van der Waals surface area contributed by atoms with Gasteiger partial charge in [0.15, 0.2) is 0 Å².